The summed E-state index contributed by atoms with van der Waals surface area (Å²) < 4.78 is 13.9. The van der Waals surface area contributed by atoms with Gasteiger partial charge in [0.05, 0.1) is 6.10 Å². The maximum absolute atomic E-state index is 13.9. The molecule has 0 aromatic heterocycles. The number of nitrogens with zero attached hydrogens (tertiary/aromatic N) is 1. The Labute approximate surface area is 115 Å². The van der Waals surface area contributed by atoms with Gasteiger partial charge in [-0.1, -0.05) is 25.8 Å². The minimum atomic E-state index is -0.778. The van der Waals surface area contributed by atoms with Crippen LogP contribution in [0.4, 0.5) is 10.1 Å². The zero-order valence-electron chi connectivity index (χ0n) is 12.1. The minimum Gasteiger partial charge on any atom is -0.389 e. The Balaban J connectivity index is 2.28. The normalized spacial score (nSPS) is 25.1. The van der Waals surface area contributed by atoms with Crippen LogP contribution in [0.5, 0.6) is 0 Å². The molecule has 2 nitrogen and oxygen atoms in total. The molecular weight excluding hydrogens is 241 g/mol. The number of rotatable bonds is 3. The van der Waals surface area contributed by atoms with E-state index in [0.29, 0.717) is 11.6 Å². The Kier molecular flexibility index (Phi) is 4.46. The van der Waals surface area contributed by atoms with E-state index < -0.39 is 6.10 Å². The van der Waals surface area contributed by atoms with Crippen molar-refractivity contribution in [3.05, 3.63) is 29.6 Å². The summed E-state index contributed by atoms with van der Waals surface area (Å²) in [7, 11) is 2.02. The van der Waals surface area contributed by atoms with E-state index in [1.807, 2.05) is 13.1 Å². The molecule has 3 atom stereocenters. The summed E-state index contributed by atoms with van der Waals surface area (Å²) in [6, 6.07) is 5.50. The summed E-state index contributed by atoms with van der Waals surface area (Å²) in [5, 5.41) is 9.82. The van der Waals surface area contributed by atoms with E-state index in [-0.39, 0.29) is 5.82 Å². The van der Waals surface area contributed by atoms with Gasteiger partial charge in [0, 0.05) is 24.3 Å². The van der Waals surface area contributed by atoms with E-state index >= 15 is 0 Å². The van der Waals surface area contributed by atoms with Crippen molar-refractivity contribution in [3.8, 4) is 0 Å². The van der Waals surface area contributed by atoms with E-state index in [0.717, 1.165) is 24.4 Å². The molecule has 1 N–H and O–H groups in total. The van der Waals surface area contributed by atoms with Crippen molar-refractivity contribution in [2.45, 2.75) is 51.7 Å². The predicted molar refractivity (Wildman–Crippen MR) is 76.9 cm³/mol. The molecule has 2 rings (SSSR count). The summed E-state index contributed by atoms with van der Waals surface area (Å²) in [6.07, 6.45) is 4.04. The molecule has 1 aliphatic rings. The van der Waals surface area contributed by atoms with Crippen LogP contribution in [-0.2, 0) is 0 Å². The Hall–Kier alpha value is -1.09. The van der Waals surface area contributed by atoms with Gasteiger partial charge in [-0.2, -0.15) is 0 Å². The molecule has 106 valence electrons. The van der Waals surface area contributed by atoms with E-state index in [9.17, 15) is 9.50 Å². The number of aliphatic hydroxyl groups excluding tert-OH is 1. The van der Waals surface area contributed by atoms with Crippen molar-refractivity contribution in [1.82, 2.24) is 0 Å². The van der Waals surface area contributed by atoms with Gasteiger partial charge in [0.1, 0.15) is 5.82 Å². The average Bonchev–Trinajstić information content (AvgIpc) is 2.37. The third-order valence-electron chi connectivity index (χ3n) is 4.28. The first-order chi connectivity index (χ1) is 9.00. The van der Waals surface area contributed by atoms with Gasteiger partial charge in [-0.3, -0.25) is 0 Å². The van der Waals surface area contributed by atoms with Crippen molar-refractivity contribution < 1.29 is 9.50 Å². The van der Waals surface area contributed by atoms with Crippen molar-refractivity contribution in [2.24, 2.45) is 5.92 Å². The molecule has 0 aliphatic heterocycles. The lowest BCUT2D eigenvalue weighted by molar-refractivity contribution is 0.194. The number of aliphatic hydroxyl groups is 1. The Morgan fingerprint density at radius 2 is 2.11 bits per heavy atom. The first kappa shape index (κ1) is 14.3. The van der Waals surface area contributed by atoms with Crippen LogP contribution in [0.15, 0.2) is 18.2 Å². The molecular formula is C16H24FNO. The Morgan fingerprint density at radius 1 is 1.37 bits per heavy atom. The van der Waals surface area contributed by atoms with Gasteiger partial charge >= 0.3 is 0 Å². The highest BCUT2D eigenvalue weighted by molar-refractivity contribution is 5.55. The Bertz CT molecular complexity index is 433. The van der Waals surface area contributed by atoms with Crippen LogP contribution in [-0.4, -0.2) is 18.2 Å². The minimum absolute atomic E-state index is 0.316. The summed E-state index contributed by atoms with van der Waals surface area (Å²) in [5.41, 5.74) is 1.25. The quantitative estimate of drug-likeness (QED) is 0.896. The molecule has 0 amide bonds. The van der Waals surface area contributed by atoms with E-state index in [4.69, 9.17) is 0 Å². The van der Waals surface area contributed by atoms with Gasteiger partial charge in [0.2, 0.25) is 0 Å². The highest BCUT2D eigenvalue weighted by Gasteiger charge is 2.25. The molecule has 3 heteroatoms. The van der Waals surface area contributed by atoms with Crippen LogP contribution in [0.1, 0.15) is 51.2 Å². The molecule has 2 unspecified atom stereocenters. The van der Waals surface area contributed by atoms with Crippen LogP contribution in [0.2, 0.25) is 0 Å². The molecule has 1 aromatic rings. The van der Waals surface area contributed by atoms with Gasteiger partial charge in [0.15, 0.2) is 0 Å². The fourth-order valence-electron chi connectivity index (χ4n) is 3.20. The fourth-order valence-corrected chi connectivity index (χ4v) is 3.20. The summed E-state index contributed by atoms with van der Waals surface area (Å²) in [5.74, 6) is 0.410. The fraction of sp³-hybridized carbons (Fsp3) is 0.625. The van der Waals surface area contributed by atoms with Crippen molar-refractivity contribution >= 4 is 5.69 Å². The number of hydrogen-bond acceptors (Lipinski definition) is 2. The highest BCUT2D eigenvalue weighted by Crippen LogP contribution is 2.34. The summed E-state index contributed by atoms with van der Waals surface area (Å²) in [6.45, 7) is 3.90. The van der Waals surface area contributed by atoms with E-state index in [2.05, 4.69) is 11.8 Å². The number of halogens is 1. The molecule has 19 heavy (non-hydrogen) atoms. The van der Waals surface area contributed by atoms with Crippen molar-refractivity contribution in [2.75, 3.05) is 11.9 Å². The molecule has 0 saturated heterocycles. The van der Waals surface area contributed by atoms with Crippen LogP contribution < -0.4 is 4.90 Å². The lowest BCUT2D eigenvalue weighted by atomic mass is 9.86. The van der Waals surface area contributed by atoms with Crippen molar-refractivity contribution in [1.29, 1.82) is 0 Å². The summed E-state index contributed by atoms with van der Waals surface area (Å²) in [4.78, 5) is 2.15. The van der Waals surface area contributed by atoms with Gasteiger partial charge in [-0.05, 0) is 37.8 Å². The van der Waals surface area contributed by atoms with Gasteiger partial charge in [0.25, 0.3) is 0 Å². The van der Waals surface area contributed by atoms with E-state index in [1.54, 1.807) is 13.0 Å². The number of hydrogen-bond donors (Lipinski definition) is 1. The molecule has 0 spiro atoms. The standard InChI is InChI=1S/C16H24FNO/c1-11-6-4-7-13(10-11)18(3)15-9-5-8-14(17)16(15)12(2)19/h5,8-9,11-13,19H,4,6-7,10H2,1-3H3/t11?,12-,13?/m0/s1. The lowest BCUT2D eigenvalue weighted by Crippen LogP contribution is -2.36. The molecule has 0 bridgehead atoms. The molecule has 0 radical (unpaired) electrons. The van der Waals surface area contributed by atoms with Crippen LogP contribution in [0, 0.1) is 11.7 Å². The van der Waals surface area contributed by atoms with Crippen LogP contribution in [0.25, 0.3) is 0 Å². The van der Waals surface area contributed by atoms with Gasteiger partial charge < -0.3 is 10.0 Å². The smallest absolute Gasteiger partial charge is 0.131 e. The molecule has 1 aliphatic carbocycles. The molecule has 1 aromatic carbocycles. The van der Waals surface area contributed by atoms with E-state index in [1.165, 1.54) is 18.9 Å². The SMILES string of the molecule is CC1CCCC(N(C)c2cccc(F)c2[C@H](C)O)C1. The van der Waals surface area contributed by atoms with Crippen LogP contribution in [0.3, 0.4) is 0 Å². The zero-order valence-corrected chi connectivity index (χ0v) is 12.1. The monoisotopic (exact) mass is 265 g/mol. The number of benzene rings is 1. The van der Waals surface area contributed by atoms with Crippen molar-refractivity contribution in [3.63, 3.8) is 0 Å². The Morgan fingerprint density at radius 3 is 2.74 bits per heavy atom. The second-order valence-electron chi connectivity index (χ2n) is 5.89. The second-order valence-corrected chi connectivity index (χ2v) is 5.89. The maximum Gasteiger partial charge on any atom is 0.131 e. The number of anilines is 1. The molecule has 1 fully saturated rings. The first-order valence-electron chi connectivity index (χ1n) is 7.20. The third-order valence-corrected chi connectivity index (χ3v) is 4.28. The first-order valence-corrected chi connectivity index (χ1v) is 7.20. The zero-order chi connectivity index (χ0) is 14.0. The third kappa shape index (κ3) is 3.08. The molecule has 0 heterocycles. The topological polar surface area (TPSA) is 23.5 Å². The second kappa shape index (κ2) is 5.91. The van der Waals surface area contributed by atoms with Gasteiger partial charge in [-0.15, -0.1) is 0 Å². The lowest BCUT2D eigenvalue weighted by Gasteiger charge is -2.37. The summed E-state index contributed by atoms with van der Waals surface area (Å²) >= 11 is 0. The maximum atomic E-state index is 13.9. The largest absolute Gasteiger partial charge is 0.389 e. The van der Waals surface area contributed by atoms with Crippen LogP contribution >= 0.6 is 0 Å². The highest BCUT2D eigenvalue weighted by atomic mass is 19.1. The average molecular weight is 265 g/mol. The van der Waals surface area contributed by atoms with Gasteiger partial charge in [-0.25, -0.2) is 4.39 Å². The molecule has 1 saturated carbocycles. The predicted octanol–water partition coefficient (Wildman–Crippen LogP) is 3.89.